The molecular formula is C15H30O5S. The molecule has 6 heteroatoms. The van der Waals surface area contributed by atoms with Crippen molar-refractivity contribution in [2.24, 2.45) is 10.8 Å². The van der Waals surface area contributed by atoms with Crippen LogP contribution in [0.2, 0.25) is 0 Å². The van der Waals surface area contributed by atoms with Gasteiger partial charge in [-0.2, -0.15) is 8.42 Å². The van der Waals surface area contributed by atoms with Gasteiger partial charge in [-0.1, -0.05) is 27.7 Å². The highest BCUT2D eigenvalue weighted by atomic mass is 32.2. The third-order valence-electron chi connectivity index (χ3n) is 4.25. The molecule has 0 saturated heterocycles. The van der Waals surface area contributed by atoms with Crippen LogP contribution in [0.25, 0.3) is 0 Å². The van der Waals surface area contributed by atoms with Crippen LogP contribution in [0, 0.1) is 10.8 Å². The van der Waals surface area contributed by atoms with Gasteiger partial charge < -0.3 is 4.74 Å². The fraction of sp³-hybridized carbons (Fsp3) is 0.933. The first-order valence-corrected chi connectivity index (χ1v) is 8.79. The van der Waals surface area contributed by atoms with Gasteiger partial charge in [0, 0.05) is 5.41 Å². The van der Waals surface area contributed by atoms with Gasteiger partial charge >= 0.3 is 5.97 Å². The van der Waals surface area contributed by atoms with Crippen LogP contribution in [0.1, 0.15) is 67.7 Å². The molecule has 0 aromatic heterocycles. The maximum absolute atomic E-state index is 12.1. The molecule has 0 aromatic carbocycles. The first kappa shape index (κ1) is 20.4. The number of esters is 1. The smallest absolute Gasteiger partial charge is 0.311 e. The number of carbonyl (C=O) groups excluding carboxylic acids is 1. The summed E-state index contributed by atoms with van der Waals surface area (Å²) in [5.41, 5.74) is -1.05. The zero-order valence-electron chi connectivity index (χ0n) is 14.3. The number of ether oxygens (including phenoxy) is 1. The van der Waals surface area contributed by atoms with E-state index in [4.69, 9.17) is 4.74 Å². The Morgan fingerprint density at radius 2 is 1.48 bits per heavy atom. The van der Waals surface area contributed by atoms with E-state index < -0.39 is 25.7 Å². The normalized spacial score (nSPS) is 14.1. The molecule has 5 nitrogen and oxygen atoms in total. The van der Waals surface area contributed by atoms with Crippen LogP contribution in [0.15, 0.2) is 0 Å². The molecule has 1 N–H and O–H groups in total. The Morgan fingerprint density at radius 1 is 1.05 bits per heavy atom. The van der Waals surface area contributed by atoms with Crippen LogP contribution in [0.5, 0.6) is 0 Å². The van der Waals surface area contributed by atoms with Gasteiger partial charge in [0.1, 0.15) is 0 Å². The zero-order valence-corrected chi connectivity index (χ0v) is 15.1. The number of hydrogen-bond acceptors (Lipinski definition) is 4. The molecule has 0 rings (SSSR count). The van der Waals surface area contributed by atoms with E-state index >= 15 is 0 Å². The summed E-state index contributed by atoms with van der Waals surface area (Å²) < 4.78 is 36.1. The van der Waals surface area contributed by atoms with Gasteiger partial charge in [-0.25, -0.2) is 0 Å². The first-order chi connectivity index (χ1) is 9.21. The predicted octanol–water partition coefficient (Wildman–Crippen LogP) is 3.44. The van der Waals surface area contributed by atoms with Crippen molar-refractivity contribution < 1.29 is 22.5 Å². The van der Waals surface area contributed by atoms with Crippen molar-refractivity contribution in [1.29, 1.82) is 0 Å². The summed E-state index contributed by atoms with van der Waals surface area (Å²) in [5, 5.41) is 0. The highest BCUT2D eigenvalue weighted by molar-refractivity contribution is 7.87. The van der Waals surface area contributed by atoms with Gasteiger partial charge in [-0.15, -0.1) is 0 Å². The second-order valence-electron chi connectivity index (χ2n) is 7.42. The molecule has 0 aromatic rings. The molecule has 0 atom stereocenters. The zero-order chi connectivity index (χ0) is 17.1. The highest BCUT2D eigenvalue weighted by Crippen LogP contribution is 2.34. The monoisotopic (exact) mass is 322 g/mol. The summed E-state index contributed by atoms with van der Waals surface area (Å²) in [7, 11) is -4.15. The largest absolute Gasteiger partial charge is 0.465 e. The van der Waals surface area contributed by atoms with Gasteiger partial charge in [0.15, 0.2) is 0 Å². The van der Waals surface area contributed by atoms with Crippen molar-refractivity contribution in [3.05, 3.63) is 0 Å². The minimum Gasteiger partial charge on any atom is -0.465 e. The van der Waals surface area contributed by atoms with E-state index in [1.165, 1.54) is 13.8 Å². The maximum Gasteiger partial charge on any atom is 0.311 e. The van der Waals surface area contributed by atoms with Gasteiger partial charge in [0.25, 0.3) is 10.1 Å². The first-order valence-electron chi connectivity index (χ1n) is 7.35. The van der Waals surface area contributed by atoms with Crippen LogP contribution in [-0.2, 0) is 19.6 Å². The van der Waals surface area contributed by atoms with E-state index in [-0.39, 0.29) is 19.0 Å². The van der Waals surface area contributed by atoms with Crippen molar-refractivity contribution in [2.75, 3.05) is 6.61 Å². The van der Waals surface area contributed by atoms with E-state index in [2.05, 4.69) is 0 Å². The molecule has 126 valence electrons. The third kappa shape index (κ3) is 5.58. The second-order valence-corrected chi connectivity index (χ2v) is 9.47. The Hall–Kier alpha value is -0.620. The fourth-order valence-electron chi connectivity index (χ4n) is 2.27. The highest BCUT2D eigenvalue weighted by Gasteiger charge is 2.40. The molecular weight excluding hydrogens is 292 g/mol. The minimum atomic E-state index is -4.15. The van der Waals surface area contributed by atoms with Crippen molar-refractivity contribution in [3.8, 4) is 0 Å². The second kappa shape index (κ2) is 6.65. The molecule has 0 aliphatic heterocycles. The molecule has 0 unspecified atom stereocenters. The summed E-state index contributed by atoms with van der Waals surface area (Å²) in [6, 6.07) is 0. The summed E-state index contributed by atoms with van der Waals surface area (Å²) in [4.78, 5) is 12.1. The molecule has 21 heavy (non-hydrogen) atoms. The minimum absolute atomic E-state index is 0.125. The van der Waals surface area contributed by atoms with Gasteiger partial charge in [-0.3, -0.25) is 9.35 Å². The molecule has 0 radical (unpaired) electrons. The summed E-state index contributed by atoms with van der Waals surface area (Å²) in [6.45, 7) is 12.5. The van der Waals surface area contributed by atoms with Crippen molar-refractivity contribution in [2.45, 2.75) is 72.5 Å². The van der Waals surface area contributed by atoms with Crippen LogP contribution < -0.4 is 0 Å². The lowest BCUT2D eigenvalue weighted by molar-refractivity contribution is -0.158. The molecule has 0 amide bonds. The van der Waals surface area contributed by atoms with Crippen LogP contribution in [0.4, 0.5) is 0 Å². The summed E-state index contributed by atoms with van der Waals surface area (Å²) in [6.07, 6.45) is 1.58. The Bertz CT molecular complexity index is 458. The lowest BCUT2D eigenvalue weighted by Gasteiger charge is -2.33. The lowest BCUT2D eigenvalue weighted by atomic mass is 9.83. The van der Waals surface area contributed by atoms with Crippen LogP contribution >= 0.6 is 0 Å². The van der Waals surface area contributed by atoms with Gasteiger partial charge in [0.05, 0.1) is 16.8 Å². The predicted molar refractivity (Wildman–Crippen MR) is 83.7 cm³/mol. The standard InChI is InChI=1S/C15H30O5S/c1-8-15(7,9-2)12(16)20-11-13(3,4)10-14(5,6)21(17,18)19/h8-11H2,1-7H3,(H,17,18,19). The number of rotatable bonds is 8. The molecule has 0 aliphatic rings. The van der Waals surface area contributed by atoms with E-state index in [1.54, 1.807) is 0 Å². The Kier molecular flexibility index (Phi) is 6.45. The molecule has 0 aliphatic carbocycles. The third-order valence-corrected chi connectivity index (χ3v) is 5.79. The van der Waals surface area contributed by atoms with Crippen LogP contribution in [-0.4, -0.2) is 30.3 Å². The average molecular weight is 322 g/mol. The molecule has 0 heterocycles. The Balaban J connectivity index is 4.82. The molecule has 0 spiro atoms. The van der Waals surface area contributed by atoms with Crippen molar-refractivity contribution in [3.63, 3.8) is 0 Å². The summed E-state index contributed by atoms with van der Waals surface area (Å²) >= 11 is 0. The lowest BCUT2D eigenvalue weighted by Crippen LogP contribution is -2.39. The van der Waals surface area contributed by atoms with Gasteiger partial charge in [0.2, 0.25) is 0 Å². The summed E-state index contributed by atoms with van der Waals surface area (Å²) in [5.74, 6) is -0.259. The molecule has 0 saturated carbocycles. The maximum atomic E-state index is 12.1. The number of carbonyl (C=O) groups is 1. The number of hydrogen-bond donors (Lipinski definition) is 1. The topological polar surface area (TPSA) is 80.7 Å². The molecule has 0 fully saturated rings. The quantitative estimate of drug-likeness (QED) is 0.547. The fourth-order valence-corrected chi connectivity index (χ4v) is 2.84. The van der Waals surface area contributed by atoms with Crippen molar-refractivity contribution >= 4 is 16.1 Å². The average Bonchev–Trinajstić information content (AvgIpc) is 2.32. The van der Waals surface area contributed by atoms with E-state index in [1.807, 2.05) is 34.6 Å². The van der Waals surface area contributed by atoms with Crippen LogP contribution in [0.3, 0.4) is 0 Å². The van der Waals surface area contributed by atoms with E-state index in [0.717, 1.165) is 0 Å². The molecule has 0 bridgehead atoms. The Labute approximate surface area is 129 Å². The van der Waals surface area contributed by atoms with Crippen molar-refractivity contribution in [1.82, 2.24) is 0 Å². The van der Waals surface area contributed by atoms with E-state index in [9.17, 15) is 17.8 Å². The van der Waals surface area contributed by atoms with Gasteiger partial charge in [-0.05, 0) is 40.0 Å². The Morgan fingerprint density at radius 3 is 1.81 bits per heavy atom. The SMILES string of the molecule is CCC(C)(CC)C(=O)OCC(C)(C)CC(C)(C)S(=O)(=O)O. The van der Waals surface area contributed by atoms with E-state index in [0.29, 0.717) is 12.8 Å².